The molecule has 6 N–H and O–H groups in total. The molecular weight excluding hydrogens is 464 g/mol. The van der Waals surface area contributed by atoms with Crippen molar-refractivity contribution in [3.8, 4) is 12.8 Å². The Labute approximate surface area is 212 Å². The summed E-state index contributed by atoms with van der Waals surface area (Å²) < 4.78 is 28.0. The van der Waals surface area contributed by atoms with Crippen LogP contribution in [0.25, 0.3) is 5.70 Å². The lowest BCUT2D eigenvalue weighted by molar-refractivity contribution is 0.0736. The largest absolute Gasteiger partial charge is 0.402 e. The second-order valence-electron chi connectivity index (χ2n) is 7.27. The lowest BCUT2D eigenvalue weighted by Crippen LogP contribution is -2.38. The van der Waals surface area contributed by atoms with E-state index < -0.39 is 17.3 Å². The third-order valence-corrected chi connectivity index (χ3v) is 5.33. The molecule has 1 heterocycles. The Morgan fingerprint density at radius 1 is 1.19 bits per heavy atom. The molecule has 1 atom stereocenters. The number of allylic oxidation sites excluding steroid dienone is 2. The first kappa shape index (κ1) is 32.2. The van der Waals surface area contributed by atoms with Gasteiger partial charge in [-0.15, -0.1) is 12.8 Å². The molecule has 7 nitrogen and oxygen atoms in total. The highest BCUT2D eigenvalue weighted by molar-refractivity contribution is 5.92. The predicted octanol–water partition coefficient (Wildman–Crippen LogP) is 4.76. The molecule has 1 aromatic heterocycles. The average Bonchev–Trinajstić information content (AvgIpc) is 3.34. The number of terminal acetylenes is 1. The van der Waals surface area contributed by atoms with Crippen molar-refractivity contribution in [2.75, 3.05) is 13.1 Å². The molecule has 3 rings (SSSR count). The molecule has 2 aromatic rings. The number of aromatic nitrogens is 2. The summed E-state index contributed by atoms with van der Waals surface area (Å²) in [6, 6.07) is 3.58. The van der Waals surface area contributed by atoms with E-state index in [1.807, 2.05) is 34.6 Å². The van der Waals surface area contributed by atoms with Crippen molar-refractivity contribution >= 4 is 11.6 Å². The number of H-pyrrole nitrogens is 2. The zero-order valence-corrected chi connectivity index (χ0v) is 21.8. The van der Waals surface area contributed by atoms with Crippen molar-refractivity contribution < 1.29 is 13.6 Å². The van der Waals surface area contributed by atoms with Gasteiger partial charge in [0, 0.05) is 36.6 Å². The molecular formula is C27H39F2N5O2. The van der Waals surface area contributed by atoms with Gasteiger partial charge < -0.3 is 26.3 Å². The smallest absolute Gasteiger partial charge is 0.323 e. The molecule has 1 unspecified atom stereocenters. The van der Waals surface area contributed by atoms with E-state index in [0.717, 1.165) is 25.0 Å². The fraction of sp³-hybridized carbons (Fsp3) is 0.407. The van der Waals surface area contributed by atoms with Gasteiger partial charge in [0.1, 0.15) is 17.3 Å². The van der Waals surface area contributed by atoms with E-state index >= 15 is 0 Å². The van der Waals surface area contributed by atoms with Crippen molar-refractivity contribution in [1.29, 1.82) is 0 Å². The Hall–Kier alpha value is -3.80. The van der Waals surface area contributed by atoms with Crippen LogP contribution in [0.15, 0.2) is 46.5 Å². The Morgan fingerprint density at radius 2 is 1.78 bits per heavy atom. The molecule has 0 fully saturated rings. The van der Waals surface area contributed by atoms with E-state index in [1.165, 1.54) is 18.3 Å². The van der Waals surface area contributed by atoms with Gasteiger partial charge in [-0.2, -0.15) is 0 Å². The highest BCUT2D eigenvalue weighted by Gasteiger charge is 2.26. The zero-order chi connectivity index (χ0) is 27.8. The van der Waals surface area contributed by atoms with Crippen LogP contribution in [0.1, 0.15) is 69.9 Å². The van der Waals surface area contributed by atoms with E-state index in [0.29, 0.717) is 30.8 Å². The van der Waals surface area contributed by atoms with Crippen LogP contribution in [0.2, 0.25) is 0 Å². The number of rotatable bonds is 6. The number of nitrogens with zero attached hydrogens (tertiary/aromatic N) is 1. The van der Waals surface area contributed by atoms with Crippen molar-refractivity contribution in [2.24, 2.45) is 17.4 Å². The molecule has 0 bridgehead atoms. The van der Waals surface area contributed by atoms with Crippen molar-refractivity contribution in [1.82, 2.24) is 14.9 Å². The number of imidazole rings is 1. The van der Waals surface area contributed by atoms with Crippen LogP contribution in [-0.2, 0) is 0 Å². The fourth-order valence-electron chi connectivity index (χ4n) is 3.72. The number of halogens is 2. The van der Waals surface area contributed by atoms with Gasteiger partial charge in [0.2, 0.25) is 0 Å². The molecule has 1 amide bonds. The van der Waals surface area contributed by atoms with Crippen LogP contribution < -0.4 is 17.2 Å². The third kappa shape index (κ3) is 8.45. The van der Waals surface area contributed by atoms with Gasteiger partial charge in [0.15, 0.2) is 0 Å². The van der Waals surface area contributed by atoms with Crippen LogP contribution in [0, 0.1) is 30.4 Å². The maximum atomic E-state index is 14.0. The average molecular weight is 504 g/mol. The third-order valence-electron chi connectivity index (χ3n) is 5.33. The highest BCUT2D eigenvalue weighted by Crippen LogP contribution is 2.30. The summed E-state index contributed by atoms with van der Waals surface area (Å²) in [5.41, 5.74) is 13.0. The van der Waals surface area contributed by atoms with E-state index in [1.54, 1.807) is 4.90 Å². The van der Waals surface area contributed by atoms with Crippen molar-refractivity contribution in [2.45, 2.75) is 53.9 Å². The standard InChI is InChI=1S/C21H25F2N5O2.2C2H6.C2H2/c1-2-28(20(29)17-10-26-21(30)27-17)11-13-6-3-5-12(19(13)25)9-16(24)18-14(22)7-4-8-15(18)23;3*1-2/h4,7-10,13H,2-3,5-6,11,24-25H2,1H3,(H2,26,27,30);2*1-2H3;1-2H/b16-9-;;;. The summed E-state index contributed by atoms with van der Waals surface area (Å²) in [7, 11) is 0. The van der Waals surface area contributed by atoms with Crippen LogP contribution >= 0.6 is 0 Å². The van der Waals surface area contributed by atoms with E-state index in [9.17, 15) is 18.4 Å². The SMILES string of the molecule is C#C.CC.CC.CCN(CC1CCCC(/C=C(\N)c2c(F)cccc2F)=C1N)C(=O)c1c[nH]c(=O)[nH]1. The maximum Gasteiger partial charge on any atom is 0.323 e. The number of carbonyl (C=O) groups excluding carboxylic acids is 1. The highest BCUT2D eigenvalue weighted by atomic mass is 19.1. The second-order valence-corrected chi connectivity index (χ2v) is 7.27. The number of carbonyl (C=O) groups is 1. The quantitative estimate of drug-likeness (QED) is 0.425. The Morgan fingerprint density at radius 3 is 2.28 bits per heavy atom. The number of hydrogen-bond acceptors (Lipinski definition) is 4. The number of nitrogens with two attached hydrogens (primary N) is 2. The maximum absolute atomic E-state index is 14.0. The first-order chi connectivity index (χ1) is 17.3. The molecule has 1 aliphatic rings. The number of nitrogens with one attached hydrogen (secondary N) is 2. The molecule has 1 aromatic carbocycles. The molecule has 0 radical (unpaired) electrons. The minimum Gasteiger partial charge on any atom is -0.402 e. The normalized spacial score (nSPS) is 14.8. The van der Waals surface area contributed by atoms with Gasteiger partial charge in [-0.25, -0.2) is 13.6 Å². The molecule has 0 saturated heterocycles. The molecule has 9 heteroatoms. The number of benzene rings is 1. The molecule has 198 valence electrons. The summed E-state index contributed by atoms with van der Waals surface area (Å²) in [4.78, 5) is 30.4. The Bertz CT molecular complexity index is 1080. The van der Waals surface area contributed by atoms with E-state index in [2.05, 4.69) is 22.8 Å². The van der Waals surface area contributed by atoms with Crippen molar-refractivity contribution in [3.63, 3.8) is 0 Å². The molecule has 0 aliphatic heterocycles. The number of aromatic amines is 2. The van der Waals surface area contributed by atoms with Gasteiger partial charge in [-0.1, -0.05) is 33.8 Å². The summed E-state index contributed by atoms with van der Waals surface area (Å²) in [5, 5.41) is 0. The summed E-state index contributed by atoms with van der Waals surface area (Å²) in [6.45, 7) is 10.6. The fourth-order valence-corrected chi connectivity index (χ4v) is 3.72. The number of hydrogen-bond donors (Lipinski definition) is 4. The first-order valence-electron chi connectivity index (χ1n) is 12.1. The summed E-state index contributed by atoms with van der Waals surface area (Å²) in [5.74, 6) is -1.91. The van der Waals surface area contributed by atoms with Gasteiger partial charge >= 0.3 is 5.69 Å². The topological polar surface area (TPSA) is 121 Å². The summed E-state index contributed by atoms with van der Waals surface area (Å²) in [6.07, 6.45) is 13.1. The van der Waals surface area contributed by atoms with Gasteiger partial charge in [0.05, 0.1) is 5.56 Å². The van der Waals surface area contributed by atoms with E-state index in [-0.39, 0.29) is 28.8 Å². The van der Waals surface area contributed by atoms with Crippen molar-refractivity contribution in [3.05, 3.63) is 75.1 Å². The number of amides is 1. The zero-order valence-electron chi connectivity index (χ0n) is 21.8. The van der Waals surface area contributed by atoms with Crippen LogP contribution in [0.3, 0.4) is 0 Å². The van der Waals surface area contributed by atoms with Crippen LogP contribution in [0.5, 0.6) is 0 Å². The minimum atomic E-state index is -0.737. The molecule has 0 saturated carbocycles. The molecule has 36 heavy (non-hydrogen) atoms. The Kier molecular flexibility index (Phi) is 15.0. The van der Waals surface area contributed by atoms with Gasteiger partial charge in [-0.05, 0) is 50.0 Å². The summed E-state index contributed by atoms with van der Waals surface area (Å²) >= 11 is 0. The van der Waals surface area contributed by atoms with Crippen LogP contribution in [0.4, 0.5) is 8.78 Å². The van der Waals surface area contributed by atoms with Crippen LogP contribution in [-0.4, -0.2) is 33.9 Å². The van der Waals surface area contributed by atoms with E-state index in [4.69, 9.17) is 11.5 Å². The molecule has 0 spiro atoms. The minimum absolute atomic E-state index is 0.0301. The van der Waals surface area contributed by atoms with Gasteiger partial charge in [0.25, 0.3) is 5.91 Å². The molecule has 1 aliphatic carbocycles. The Balaban J connectivity index is 0.00000190. The monoisotopic (exact) mass is 503 g/mol. The first-order valence-corrected chi connectivity index (χ1v) is 12.1. The lowest BCUT2D eigenvalue weighted by atomic mass is 9.86. The second kappa shape index (κ2) is 16.8. The van der Waals surface area contributed by atoms with Gasteiger partial charge in [-0.3, -0.25) is 4.79 Å². The lowest BCUT2D eigenvalue weighted by Gasteiger charge is -2.30. The predicted molar refractivity (Wildman–Crippen MR) is 143 cm³/mol.